The van der Waals surface area contributed by atoms with Crippen LogP contribution in [-0.2, 0) is 0 Å². The minimum Gasteiger partial charge on any atom is -0.268 e. The summed E-state index contributed by atoms with van der Waals surface area (Å²) in [6.07, 6.45) is 1.42. The number of nitro groups is 1. The van der Waals surface area contributed by atoms with Crippen LogP contribution >= 0.6 is 0 Å². The van der Waals surface area contributed by atoms with Crippen LogP contribution in [0.25, 0.3) is 10.8 Å². The predicted octanol–water partition coefficient (Wildman–Crippen LogP) is 2.94. The summed E-state index contributed by atoms with van der Waals surface area (Å²) in [5, 5.41) is 11.9. The van der Waals surface area contributed by atoms with Gasteiger partial charge in [0.25, 0.3) is 17.5 Å². The number of nitro benzene ring substituents is 1. The van der Waals surface area contributed by atoms with Crippen molar-refractivity contribution >= 4 is 34.1 Å². The topological polar surface area (TPSA) is 93.4 Å². The minimum absolute atomic E-state index is 0.0676. The molecule has 0 fully saturated rings. The lowest BCUT2D eigenvalue weighted by Crippen LogP contribution is -2.30. The van der Waals surface area contributed by atoms with Gasteiger partial charge in [-0.3, -0.25) is 19.7 Å². The highest BCUT2D eigenvalue weighted by atomic mass is 16.6. The van der Waals surface area contributed by atoms with Crippen molar-refractivity contribution in [2.75, 3.05) is 4.90 Å². The van der Waals surface area contributed by atoms with E-state index in [4.69, 9.17) is 0 Å². The minimum atomic E-state index is -0.498. The molecule has 4 rings (SSSR count). The maximum atomic E-state index is 12.6. The van der Waals surface area contributed by atoms with Crippen molar-refractivity contribution in [2.24, 2.45) is 0 Å². The highest BCUT2D eigenvalue weighted by Crippen LogP contribution is 2.33. The first kappa shape index (κ1) is 14.0. The number of anilines is 1. The SMILES string of the molecule is O=C1c2ccccc2C(=O)N1c1nccc2cc([N+](=O)[O-])ccc12. The molecule has 0 saturated heterocycles. The van der Waals surface area contributed by atoms with E-state index in [-0.39, 0.29) is 11.5 Å². The number of aromatic nitrogens is 1. The molecule has 1 aromatic heterocycles. The summed E-state index contributed by atoms with van der Waals surface area (Å²) >= 11 is 0. The number of carbonyl (C=O) groups excluding carboxylic acids is 2. The van der Waals surface area contributed by atoms with Crippen molar-refractivity contribution in [1.82, 2.24) is 4.98 Å². The van der Waals surface area contributed by atoms with Crippen LogP contribution in [0.3, 0.4) is 0 Å². The number of amides is 2. The maximum absolute atomic E-state index is 12.6. The van der Waals surface area contributed by atoms with E-state index >= 15 is 0 Å². The van der Waals surface area contributed by atoms with Crippen LogP contribution < -0.4 is 4.90 Å². The molecule has 0 bridgehead atoms. The Labute approximate surface area is 135 Å². The fraction of sp³-hybridized carbons (Fsp3) is 0. The van der Waals surface area contributed by atoms with Crippen molar-refractivity contribution < 1.29 is 14.5 Å². The Bertz CT molecular complexity index is 1010. The molecule has 7 nitrogen and oxygen atoms in total. The van der Waals surface area contributed by atoms with Crippen molar-refractivity contribution in [3.63, 3.8) is 0 Å². The molecule has 2 heterocycles. The number of hydrogen-bond donors (Lipinski definition) is 0. The van der Waals surface area contributed by atoms with Gasteiger partial charge in [0, 0.05) is 23.7 Å². The van der Waals surface area contributed by atoms with Gasteiger partial charge < -0.3 is 0 Å². The maximum Gasteiger partial charge on any atom is 0.270 e. The first-order valence-electron chi connectivity index (χ1n) is 7.09. The van der Waals surface area contributed by atoms with E-state index in [0.29, 0.717) is 21.9 Å². The third kappa shape index (κ3) is 1.88. The Kier molecular flexibility index (Phi) is 2.89. The summed E-state index contributed by atoms with van der Waals surface area (Å²) in [6.45, 7) is 0. The zero-order valence-corrected chi connectivity index (χ0v) is 12.2. The van der Waals surface area contributed by atoms with Gasteiger partial charge >= 0.3 is 0 Å². The third-order valence-electron chi connectivity index (χ3n) is 3.94. The second-order valence-electron chi connectivity index (χ2n) is 5.29. The van der Waals surface area contributed by atoms with E-state index in [2.05, 4.69) is 4.98 Å². The molecule has 2 amide bonds. The first-order chi connectivity index (χ1) is 11.6. The molecule has 0 radical (unpaired) electrons. The molecule has 0 unspecified atom stereocenters. The fourth-order valence-electron chi connectivity index (χ4n) is 2.82. The van der Waals surface area contributed by atoms with Gasteiger partial charge in [-0.15, -0.1) is 0 Å². The van der Waals surface area contributed by atoms with Gasteiger partial charge in [0.2, 0.25) is 0 Å². The number of rotatable bonds is 2. The van der Waals surface area contributed by atoms with Crippen LogP contribution in [0.4, 0.5) is 11.5 Å². The highest BCUT2D eigenvalue weighted by Gasteiger charge is 2.37. The Balaban J connectivity index is 1.91. The lowest BCUT2D eigenvalue weighted by Gasteiger charge is -2.14. The number of benzene rings is 2. The molecular formula is C17H9N3O4. The summed E-state index contributed by atoms with van der Waals surface area (Å²) in [5.74, 6) is -0.725. The van der Waals surface area contributed by atoms with Crippen molar-refractivity contribution in [3.05, 3.63) is 76.0 Å². The number of carbonyl (C=O) groups is 2. The highest BCUT2D eigenvalue weighted by molar-refractivity contribution is 6.35. The van der Waals surface area contributed by atoms with Crippen LogP contribution in [0.1, 0.15) is 20.7 Å². The summed E-state index contributed by atoms with van der Waals surface area (Å²) < 4.78 is 0. The molecular weight excluding hydrogens is 310 g/mol. The quantitative estimate of drug-likeness (QED) is 0.411. The fourth-order valence-corrected chi connectivity index (χ4v) is 2.82. The Morgan fingerprint density at radius 2 is 1.62 bits per heavy atom. The molecule has 0 spiro atoms. The Morgan fingerprint density at radius 3 is 2.25 bits per heavy atom. The lowest BCUT2D eigenvalue weighted by molar-refractivity contribution is -0.384. The number of imide groups is 1. The molecule has 1 aliphatic heterocycles. The van der Waals surface area contributed by atoms with Gasteiger partial charge in [0.1, 0.15) is 0 Å². The molecule has 0 atom stereocenters. The van der Waals surface area contributed by atoms with Gasteiger partial charge in [-0.25, -0.2) is 9.88 Å². The summed E-state index contributed by atoms with van der Waals surface area (Å²) in [5.41, 5.74) is 0.577. The standard InChI is InChI=1S/C17H9N3O4/c21-16-13-3-1-2-4-14(13)17(22)19(16)15-12-6-5-11(20(23)24)9-10(12)7-8-18-15/h1-9H. The zero-order valence-electron chi connectivity index (χ0n) is 12.2. The van der Waals surface area contributed by atoms with Crippen molar-refractivity contribution in [2.45, 2.75) is 0 Å². The van der Waals surface area contributed by atoms with E-state index < -0.39 is 16.7 Å². The molecule has 116 valence electrons. The summed E-state index contributed by atoms with van der Waals surface area (Å²) in [4.78, 5) is 40.8. The van der Waals surface area contributed by atoms with Crippen LogP contribution in [0, 0.1) is 10.1 Å². The molecule has 3 aromatic rings. The normalized spacial score (nSPS) is 13.4. The molecule has 24 heavy (non-hydrogen) atoms. The Morgan fingerprint density at radius 1 is 0.958 bits per heavy atom. The van der Waals surface area contributed by atoms with Gasteiger partial charge in [-0.1, -0.05) is 12.1 Å². The van der Waals surface area contributed by atoms with E-state index in [0.717, 1.165) is 4.90 Å². The van der Waals surface area contributed by atoms with Crippen LogP contribution in [0.15, 0.2) is 54.7 Å². The third-order valence-corrected chi connectivity index (χ3v) is 3.94. The van der Waals surface area contributed by atoms with E-state index in [1.807, 2.05) is 0 Å². The number of hydrogen-bond acceptors (Lipinski definition) is 5. The van der Waals surface area contributed by atoms with Crippen molar-refractivity contribution in [3.8, 4) is 0 Å². The van der Waals surface area contributed by atoms with E-state index in [1.54, 1.807) is 30.3 Å². The predicted molar refractivity (Wildman–Crippen MR) is 86.0 cm³/mol. The van der Waals surface area contributed by atoms with Gasteiger partial charge in [0.15, 0.2) is 5.82 Å². The second-order valence-corrected chi connectivity index (χ2v) is 5.29. The largest absolute Gasteiger partial charge is 0.270 e. The monoisotopic (exact) mass is 319 g/mol. The van der Waals surface area contributed by atoms with Crippen LogP contribution in [0.5, 0.6) is 0 Å². The van der Waals surface area contributed by atoms with Gasteiger partial charge in [0.05, 0.1) is 16.1 Å². The average Bonchev–Trinajstić information content (AvgIpc) is 2.85. The number of fused-ring (bicyclic) bond motifs is 2. The number of pyridine rings is 1. The van der Waals surface area contributed by atoms with Gasteiger partial charge in [-0.05, 0) is 29.7 Å². The van der Waals surface area contributed by atoms with Crippen LogP contribution in [0.2, 0.25) is 0 Å². The molecule has 7 heteroatoms. The van der Waals surface area contributed by atoms with E-state index in [1.165, 1.54) is 24.4 Å². The summed E-state index contributed by atoms with van der Waals surface area (Å²) in [6, 6.07) is 12.4. The molecule has 0 aliphatic carbocycles. The molecule has 0 saturated carbocycles. The lowest BCUT2D eigenvalue weighted by atomic mass is 10.1. The van der Waals surface area contributed by atoms with Crippen molar-refractivity contribution in [1.29, 1.82) is 0 Å². The molecule has 1 aliphatic rings. The molecule has 2 aromatic carbocycles. The first-order valence-corrected chi connectivity index (χ1v) is 7.09. The summed E-state index contributed by atoms with van der Waals surface area (Å²) in [7, 11) is 0. The Hall–Kier alpha value is -3.61. The number of non-ortho nitro benzene ring substituents is 1. The van der Waals surface area contributed by atoms with Gasteiger partial charge in [-0.2, -0.15) is 0 Å². The van der Waals surface area contributed by atoms with E-state index in [9.17, 15) is 19.7 Å². The zero-order chi connectivity index (χ0) is 16.8. The molecule has 0 N–H and O–H groups in total. The smallest absolute Gasteiger partial charge is 0.268 e. The van der Waals surface area contributed by atoms with Crippen LogP contribution in [-0.4, -0.2) is 21.7 Å². The second kappa shape index (κ2) is 4.95. The number of nitrogens with zero attached hydrogens (tertiary/aromatic N) is 3. The average molecular weight is 319 g/mol.